The first-order chi connectivity index (χ1) is 9.63. The predicted octanol–water partition coefficient (Wildman–Crippen LogP) is 4.95. The van der Waals surface area contributed by atoms with Gasteiger partial charge in [0.15, 0.2) is 11.5 Å². The molecule has 20 heavy (non-hydrogen) atoms. The fourth-order valence-corrected chi connectivity index (χ4v) is 2.34. The number of phenols is 1. The number of fused-ring (bicyclic) bond motifs is 1. The van der Waals surface area contributed by atoms with Gasteiger partial charge in [0.1, 0.15) is 5.75 Å². The van der Waals surface area contributed by atoms with Crippen LogP contribution in [0, 0.1) is 13.8 Å². The van der Waals surface area contributed by atoms with Gasteiger partial charge in [-0.2, -0.15) is 0 Å². The minimum atomic E-state index is 0.163. The van der Waals surface area contributed by atoms with E-state index in [9.17, 15) is 5.11 Å². The van der Waals surface area contributed by atoms with Crippen molar-refractivity contribution in [3.8, 4) is 17.2 Å². The molecule has 0 aliphatic rings. The van der Waals surface area contributed by atoms with Crippen LogP contribution in [0.3, 0.4) is 0 Å². The van der Waals surface area contributed by atoms with Crippen LogP contribution in [0.25, 0.3) is 10.8 Å². The molecule has 0 unspecified atom stereocenters. The molecule has 100 valence electrons. The number of phenolic OH excluding ortho intramolecular Hbond substituents is 1. The molecule has 0 spiro atoms. The van der Waals surface area contributed by atoms with Crippen molar-refractivity contribution in [2.45, 2.75) is 13.8 Å². The summed E-state index contributed by atoms with van der Waals surface area (Å²) >= 11 is 0. The first kappa shape index (κ1) is 12.5. The Morgan fingerprint density at radius 2 is 1.60 bits per heavy atom. The van der Waals surface area contributed by atoms with Gasteiger partial charge >= 0.3 is 0 Å². The van der Waals surface area contributed by atoms with E-state index in [4.69, 9.17) is 4.74 Å². The molecule has 0 aliphatic heterocycles. The smallest absolute Gasteiger partial charge is 0.169 e. The molecule has 3 aromatic rings. The Kier molecular flexibility index (Phi) is 3.07. The highest BCUT2D eigenvalue weighted by molar-refractivity contribution is 5.89. The topological polar surface area (TPSA) is 29.5 Å². The van der Waals surface area contributed by atoms with E-state index in [0.717, 1.165) is 27.6 Å². The molecule has 0 aromatic heterocycles. The number of hydrogen-bond donors (Lipinski definition) is 1. The summed E-state index contributed by atoms with van der Waals surface area (Å²) in [5, 5.41) is 12.1. The van der Waals surface area contributed by atoms with Crippen molar-refractivity contribution in [2.24, 2.45) is 0 Å². The van der Waals surface area contributed by atoms with Crippen LogP contribution in [-0.4, -0.2) is 5.11 Å². The van der Waals surface area contributed by atoms with Gasteiger partial charge in [-0.05, 0) is 48.6 Å². The van der Waals surface area contributed by atoms with Crippen LogP contribution < -0.4 is 4.74 Å². The predicted molar refractivity (Wildman–Crippen MR) is 81.6 cm³/mol. The maximum absolute atomic E-state index is 9.97. The van der Waals surface area contributed by atoms with E-state index in [0.29, 0.717) is 5.75 Å². The lowest BCUT2D eigenvalue weighted by molar-refractivity contribution is 0.413. The molecule has 2 heteroatoms. The Hall–Kier alpha value is -2.48. The minimum absolute atomic E-state index is 0.163. The third-order valence-electron chi connectivity index (χ3n) is 3.30. The monoisotopic (exact) mass is 264 g/mol. The number of benzene rings is 3. The number of aryl methyl sites for hydroxylation is 2. The Morgan fingerprint density at radius 1 is 0.800 bits per heavy atom. The van der Waals surface area contributed by atoms with Crippen molar-refractivity contribution < 1.29 is 9.84 Å². The van der Waals surface area contributed by atoms with Crippen molar-refractivity contribution in [3.63, 3.8) is 0 Å². The highest BCUT2D eigenvalue weighted by atomic mass is 16.5. The summed E-state index contributed by atoms with van der Waals surface area (Å²) in [6.07, 6.45) is 0. The molecule has 0 atom stereocenters. The zero-order valence-electron chi connectivity index (χ0n) is 11.6. The quantitative estimate of drug-likeness (QED) is 0.709. The van der Waals surface area contributed by atoms with E-state index in [1.807, 2.05) is 44.2 Å². The molecule has 0 aliphatic carbocycles. The second-order valence-electron chi connectivity index (χ2n) is 5.06. The normalized spacial score (nSPS) is 10.7. The highest BCUT2D eigenvalue weighted by Gasteiger charge is 2.08. The second-order valence-corrected chi connectivity index (χ2v) is 5.06. The van der Waals surface area contributed by atoms with Crippen LogP contribution in [-0.2, 0) is 0 Å². The van der Waals surface area contributed by atoms with E-state index in [-0.39, 0.29) is 5.75 Å². The zero-order valence-corrected chi connectivity index (χ0v) is 11.6. The molecule has 2 nitrogen and oxygen atoms in total. The molecule has 0 saturated carbocycles. The third-order valence-corrected chi connectivity index (χ3v) is 3.30. The summed E-state index contributed by atoms with van der Waals surface area (Å²) in [6, 6.07) is 17.6. The lowest BCUT2D eigenvalue weighted by Gasteiger charge is -2.12. The SMILES string of the molecule is Cc1ccc(Oc2cc(C)cc3ccccc23)c(O)c1. The average molecular weight is 264 g/mol. The van der Waals surface area contributed by atoms with Crippen LogP contribution in [0.2, 0.25) is 0 Å². The van der Waals surface area contributed by atoms with Crippen LogP contribution in [0.1, 0.15) is 11.1 Å². The van der Waals surface area contributed by atoms with Gasteiger partial charge in [-0.1, -0.05) is 36.4 Å². The number of hydrogen-bond acceptors (Lipinski definition) is 2. The summed E-state index contributed by atoms with van der Waals surface area (Å²) in [4.78, 5) is 0. The van der Waals surface area contributed by atoms with E-state index in [1.54, 1.807) is 12.1 Å². The van der Waals surface area contributed by atoms with Gasteiger partial charge < -0.3 is 9.84 Å². The first-order valence-corrected chi connectivity index (χ1v) is 6.60. The van der Waals surface area contributed by atoms with E-state index < -0.39 is 0 Å². The molecule has 3 rings (SSSR count). The van der Waals surface area contributed by atoms with E-state index in [1.165, 1.54) is 0 Å². The first-order valence-electron chi connectivity index (χ1n) is 6.60. The number of rotatable bonds is 2. The summed E-state index contributed by atoms with van der Waals surface area (Å²) in [7, 11) is 0. The zero-order chi connectivity index (χ0) is 14.1. The van der Waals surface area contributed by atoms with Crippen LogP contribution in [0.5, 0.6) is 17.2 Å². The Labute approximate surface area is 118 Å². The molecule has 0 saturated heterocycles. The molecule has 0 heterocycles. The van der Waals surface area contributed by atoms with Crippen LogP contribution >= 0.6 is 0 Å². The van der Waals surface area contributed by atoms with Gasteiger partial charge in [-0.15, -0.1) is 0 Å². The van der Waals surface area contributed by atoms with Gasteiger partial charge in [0.25, 0.3) is 0 Å². The van der Waals surface area contributed by atoms with Crippen molar-refractivity contribution >= 4 is 10.8 Å². The molecular formula is C18H16O2. The maximum Gasteiger partial charge on any atom is 0.169 e. The summed E-state index contributed by atoms with van der Waals surface area (Å²) in [5.41, 5.74) is 2.13. The van der Waals surface area contributed by atoms with Gasteiger partial charge in [0.2, 0.25) is 0 Å². The summed E-state index contributed by atoms with van der Waals surface area (Å²) < 4.78 is 5.91. The van der Waals surface area contributed by atoms with Crippen LogP contribution in [0.4, 0.5) is 0 Å². The van der Waals surface area contributed by atoms with Gasteiger partial charge in [0, 0.05) is 5.39 Å². The maximum atomic E-state index is 9.97. The van der Waals surface area contributed by atoms with E-state index >= 15 is 0 Å². The lowest BCUT2D eigenvalue weighted by atomic mass is 10.1. The van der Waals surface area contributed by atoms with Gasteiger partial charge in [-0.3, -0.25) is 0 Å². The number of aromatic hydroxyl groups is 1. The molecule has 3 aromatic carbocycles. The van der Waals surface area contributed by atoms with Crippen molar-refractivity contribution in [3.05, 3.63) is 65.7 Å². The van der Waals surface area contributed by atoms with Crippen molar-refractivity contribution in [1.29, 1.82) is 0 Å². The second kappa shape index (κ2) is 4.89. The molecule has 0 bridgehead atoms. The van der Waals surface area contributed by atoms with Crippen molar-refractivity contribution in [2.75, 3.05) is 0 Å². The van der Waals surface area contributed by atoms with Gasteiger partial charge in [-0.25, -0.2) is 0 Å². The summed E-state index contributed by atoms with van der Waals surface area (Å²) in [6.45, 7) is 3.97. The highest BCUT2D eigenvalue weighted by Crippen LogP contribution is 2.35. The third kappa shape index (κ3) is 2.32. The van der Waals surface area contributed by atoms with Gasteiger partial charge in [0.05, 0.1) is 0 Å². The Bertz CT molecular complexity index is 775. The largest absolute Gasteiger partial charge is 0.504 e. The molecule has 0 fully saturated rings. The Balaban J connectivity index is 2.10. The minimum Gasteiger partial charge on any atom is -0.504 e. The summed E-state index contributed by atoms with van der Waals surface area (Å²) in [5.74, 6) is 1.40. The number of ether oxygens (including phenoxy) is 1. The fourth-order valence-electron chi connectivity index (χ4n) is 2.34. The average Bonchev–Trinajstić information content (AvgIpc) is 2.41. The fraction of sp³-hybridized carbons (Fsp3) is 0.111. The molecule has 1 N–H and O–H groups in total. The Morgan fingerprint density at radius 3 is 2.40 bits per heavy atom. The molecule has 0 radical (unpaired) electrons. The van der Waals surface area contributed by atoms with Crippen LogP contribution in [0.15, 0.2) is 54.6 Å². The molecule has 0 amide bonds. The van der Waals surface area contributed by atoms with E-state index in [2.05, 4.69) is 12.1 Å². The van der Waals surface area contributed by atoms with Crippen molar-refractivity contribution in [1.82, 2.24) is 0 Å². The lowest BCUT2D eigenvalue weighted by Crippen LogP contribution is -1.88. The molecular weight excluding hydrogens is 248 g/mol. The standard InChI is InChI=1S/C18H16O2/c1-12-7-8-17(16(19)10-12)20-18-11-13(2)9-14-5-3-4-6-15(14)18/h3-11,19H,1-2H3.